The van der Waals surface area contributed by atoms with Gasteiger partial charge in [0.1, 0.15) is 0 Å². The van der Waals surface area contributed by atoms with Crippen molar-refractivity contribution in [2.24, 2.45) is 4.99 Å². The Hall–Kier alpha value is -1.81. The van der Waals surface area contributed by atoms with Crippen LogP contribution in [0.5, 0.6) is 5.88 Å². The second-order valence-corrected chi connectivity index (χ2v) is 4.85. The van der Waals surface area contributed by atoms with Crippen LogP contribution in [0.4, 0.5) is 0 Å². The van der Waals surface area contributed by atoms with Crippen LogP contribution in [0, 0.1) is 0 Å². The van der Waals surface area contributed by atoms with Gasteiger partial charge in [-0.3, -0.25) is 4.99 Å². The standard InChI is InChI=1S/C16H23N3O/c1-3-19(4-2)11-7-10-17-12-14-13-8-5-6-9-15(13)18-16(14)20/h5-6,8-9,12,18,20H,3-4,7,10-11H2,1-2H3. The largest absolute Gasteiger partial charge is 0.494 e. The second kappa shape index (κ2) is 7.10. The van der Waals surface area contributed by atoms with E-state index in [0.717, 1.165) is 49.1 Å². The van der Waals surface area contributed by atoms with Crippen molar-refractivity contribution >= 4 is 17.1 Å². The van der Waals surface area contributed by atoms with Gasteiger partial charge in [-0.2, -0.15) is 0 Å². The van der Waals surface area contributed by atoms with Crippen molar-refractivity contribution in [3.8, 4) is 5.88 Å². The summed E-state index contributed by atoms with van der Waals surface area (Å²) in [5.74, 6) is 0.193. The smallest absolute Gasteiger partial charge is 0.198 e. The maximum absolute atomic E-state index is 9.90. The molecule has 20 heavy (non-hydrogen) atoms. The molecule has 0 amide bonds. The highest BCUT2D eigenvalue weighted by Crippen LogP contribution is 2.24. The van der Waals surface area contributed by atoms with Crippen LogP contribution >= 0.6 is 0 Å². The number of hydrogen-bond acceptors (Lipinski definition) is 3. The second-order valence-electron chi connectivity index (χ2n) is 4.85. The van der Waals surface area contributed by atoms with Crippen LogP contribution in [0.1, 0.15) is 25.8 Å². The van der Waals surface area contributed by atoms with Gasteiger partial charge in [-0.15, -0.1) is 0 Å². The summed E-state index contributed by atoms with van der Waals surface area (Å²) in [6, 6.07) is 7.85. The maximum atomic E-state index is 9.90. The fourth-order valence-electron chi connectivity index (χ4n) is 2.36. The molecule has 0 saturated heterocycles. The lowest BCUT2D eigenvalue weighted by Crippen LogP contribution is -2.24. The molecule has 1 heterocycles. The first-order chi connectivity index (χ1) is 9.76. The lowest BCUT2D eigenvalue weighted by Gasteiger charge is -2.16. The number of aliphatic imine (C=N–C) groups is 1. The van der Waals surface area contributed by atoms with Gasteiger partial charge in [-0.25, -0.2) is 0 Å². The highest BCUT2D eigenvalue weighted by molar-refractivity contribution is 6.01. The molecule has 0 atom stereocenters. The van der Waals surface area contributed by atoms with E-state index in [4.69, 9.17) is 0 Å². The van der Waals surface area contributed by atoms with Gasteiger partial charge in [-0.05, 0) is 32.1 Å². The summed E-state index contributed by atoms with van der Waals surface area (Å²) in [5, 5.41) is 10.9. The average molecular weight is 273 g/mol. The van der Waals surface area contributed by atoms with Crippen molar-refractivity contribution in [3.05, 3.63) is 29.8 Å². The molecule has 0 bridgehead atoms. The predicted molar refractivity (Wildman–Crippen MR) is 84.8 cm³/mol. The molecular weight excluding hydrogens is 250 g/mol. The SMILES string of the molecule is CCN(CC)CCCN=Cc1c(O)[nH]c2ccccc12. The van der Waals surface area contributed by atoms with Crippen LogP contribution in [-0.4, -0.2) is 47.4 Å². The summed E-state index contributed by atoms with van der Waals surface area (Å²) in [4.78, 5) is 9.78. The van der Waals surface area contributed by atoms with Crippen molar-refractivity contribution in [1.82, 2.24) is 9.88 Å². The zero-order chi connectivity index (χ0) is 14.4. The normalized spacial score (nSPS) is 11.9. The minimum Gasteiger partial charge on any atom is -0.494 e. The average Bonchev–Trinajstić information content (AvgIpc) is 2.79. The van der Waals surface area contributed by atoms with E-state index in [1.54, 1.807) is 6.21 Å². The monoisotopic (exact) mass is 273 g/mol. The minimum absolute atomic E-state index is 0.193. The summed E-state index contributed by atoms with van der Waals surface area (Å²) >= 11 is 0. The molecular formula is C16H23N3O. The molecule has 4 heteroatoms. The van der Waals surface area contributed by atoms with E-state index in [1.165, 1.54) is 0 Å². The molecule has 1 aromatic carbocycles. The van der Waals surface area contributed by atoms with Crippen molar-refractivity contribution in [2.45, 2.75) is 20.3 Å². The van der Waals surface area contributed by atoms with Gasteiger partial charge in [0, 0.05) is 23.7 Å². The number of nitrogens with one attached hydrogen (secondary N) is 1. The Kier molecular flexibility index (Phi) is 5.18. The molecule has 2 N–H and O–H groups in total. The third-order valence-electron chi connectivity index (χ3n) is 3.60. The number of hydrogen-bond donors (Lipinski definition) is 2. The third-order valence-corrected chi connectivity index (χ3v) is 3.60. The maximum Gasteiger partial charge on any atom is 0.198 e. The molecule has 0 unspecified atom stereocenters. The topological polar surface area (TPSA) is 51.6 Å². The number of fused-ring (bicyclic) bond motifs is 1. The minimum atomic E-state index is 0.193. The van der Waals surface area contributed by atoms with E-state index in [2.05, 4.69) is 28.7 Å². The molecule has 0 radical (unpaired) electrons. The Morgan fingerprint density at radius 1 is 1.25 bits per heavy atom. The van der Waals surface area contributed by atoms with Crippen LogP contribution < -0.4 is 0 Å². The number of benzene rings is 1. The Balaban J connectivity index is 1.95. The molecule has 2 rings (SSSR count). The summed E-state index contributed by atoms with van der Waals surface area (Å²) in [5.41, 5.74) is 1.72. The van der Waals surface area contributed by atoms with E-state index in [0.29, 0.717) is 0 Å². The van der Waals surface area contributed by atoms with Gasteiger partial charge in [0.05, 0.1) is 5.56 Å². The van der Waals surface area contributed by atoms with Crippen molar-refractivity contribution in [3.63, 3.8) is 0 Å². The highest BCUT2D eigenvalue weighted by Gasteiger charge is 2.07. The Morgan fingerprint density at radius 3 is 2.75 bits per heavy atom. The van der Waals surface area contributed by atoms with Gasteiger partial charge in [0.15, 0.2) is 5.88 Å². The Bertz CT molecular complexity index is 570. The molecule has 0 fully saturated rings. The fraction of sp³-hybridized carbons (Fsp3) is 0.438. The fourth-order valence-corrected chi connectivity index (χ4v) is 2.36. The Labute approximate surface area is 120 Å². The molecule has 0 spiro atoms. The molecule has 0 aliphatic heterocycles. The third kappa shape index (κ3) is 3.39. The number of aromatic nitrogens is 1. The first kappa shape index (κ1) is 14.6. The summed E-state index contributed by atoms with van der Waals surface area (Å²) < 4.78 is 0. The number of aromatic hydroxyl groups is 1. The molecule has 4 nitrogen and oxygen atoms in total. The van der Waals surface area contributed by atoms with Crippen molar-refractivity contribution < 1.29 is 5.11 Å². The quantitative estimate of drug-likeness (QED) is 0.602. The molecule has 1 aromatic heterocycles. The highest BCUT2D eigenvalue weighted by atomic mass is 16.3. The van der Waals surface area contributed by atoms with E-state index in [-0.39, 0.29) is 5.88 Å². The van der Waals surface area contributed by atoms with Crippen molar-refractivity contribution in [1.29, 1.82) is 0 Å². The number of aromatic amines is 1. The van der Waals surface area contributed by atoms with Gasteiger partial charge < -0.3 is 15.0 Å². The molecule has 0 aliphatic rings. The lowest BCUT2D eigenvalue weighted by atomic mass is 10.2. The lowest BCUT2D eigenvalue weighted by molar-refractivity contribution is 0.302. The summed E-state index contributed by atoms with van der Waals surface area (Å²) in [6.07, 6.45) is 2.82. The van der Waals surface area contributed by atoms with Gasteiger partial charge >= 0.3 is 0 Å². The molecule has 108 valence electrons. The van der Waals surface area contributed by atoms with E-state index in [9.17, 15) is 5.11 Å². The van der Waals surface area contributed by atoms with Gasteiger partial charge in [0.25, 0.3) is 0 Å². The first-order valence-electron chi connectivity index (χ1n) is 7.28. The first-order valence-corrected chi connectivity index (χ1v) is 7.28. The summed E-state index contributed by atoms with van der Waals surface area (Å²) in [6.45, 7) is 8.39. The molecule has 2 aromatic rings. The van der Waals surface area contributed by atoms with Crippen LogP contribution in [-0.2, 0) is 0 Å². The van der Waals surface area contributed by atoms with Gasteiger partial charge in [0.2, 0.25) is 0 Å². The molecule has 0 aliphatic carbocycles. The number of para-hydroxylation sites is 1. The molecule has 0 saturated carbocycles. The van der Waals surface area contributed by atoms with Crippen LogP contribution in [0.2, 0.25) is 0 Å². The predicted octanol–water partition coefficient (Wildman–Crippen LogP) is 3.02. The van der Waals surface area contributed by atoms with Crippen LogP contribution in [0.3, 0.4) is 0 Å². The number of nitrogens with zero attached hydrogens (tertiary/aromatic N) is 2. The number of H-pyrrole nitrogens is 1. The number of rotatable bonds is 7. The van der Waals surface area contributed by atoms with Crippen LogP contribution in [0.15, 0.2) is 29.3 Å². The van der Waals surface area contributed by atoms with Gasteiger partial charge in [-0.1, -0.05) is 32.0 Å². The van der Waals surface area contributed by atoms with E-state index in [1.807, 2.05) is 24.3 Å². The zero-order valence-electron chi connectivity index (χ0n) is 12.3. The van der Waals surface area contributed by atoms with E-state index >= 15 is 0 Å². The van der Waals surface area contributed by atoms with E-state index < -0.39 is 0 Å². The van der Waals surface area contributed by atoms with Crippen molar-refractivity contribution in [2.75, 3.05) is 26.2 Å². The Morgan fingerprint density at radius 2 is 2.00 bits per heavy atom. The van der Waals surface area contributed by atoms with Crippen LogP contribution in [0.25, 0.3) is 10.9 Å². The summed E-state index contributed by atoms with van der Waals surface area (Å²) in [7, 11) is 0. The zero-order valence-corrected chi connectivity index (χ0v) is 12.3.